The fraction of sp³-hybridized carbons (Fsp3) is 0.750. The summed E-state index contributed by atoms with van der Waals surface area (Å²) in [7, 11) is 0. The molecule has 0 rings (SSSR count). The van der Waals surface area contributed by atoms with E-state index < -0.39 is 0 Å². The summed E-state index contributed by atoms with van der Waals surface area (Å²) in [4.78, 5) is 10.2. The molecule has 0 aliphatic heterocycles. The van der Waals surface area contributed by atoms with E-state index in [0.717, 1.165) is 0 Å². The predicted molar refractivity (Wildman–Crippen MR) is 30.9 cm³/mol. The molecule has 42 valence electrons. The molecule has 0 aliphatic rings. The van der Waals surface area contributed by atoms with E-state index in [2.05, 4.69) is 12.6 Å². The van der Waals surface area contributed by atoms with E-state index in [1.54, 1.807) is 0 Å². The molecule has 0 aromatic heterocycles. The summed E-state index contributed by atoms with van der Waals surface area (Å²) < 4.78 is 0. The summed E-state index contributed by atoms with van der Waals surface area (Å²) in [6.45, 7) is 1.73. The molecule has 0 fully saturated rings. The first-order valence-electron chi connectivity index (χ1n) is 2.04. The second-order valence-electron chi connectivity index (χ2n) is 1.33. The fourth-order valence-electron chi connectivity index (χ4n) is 0.166. The first-order chi connectivity index (χ1) is 3.18. The predicted octanol–water partition coefficient (Wildman–Crippen LogP) is -3.55. The van der Waals surface area contributed by atoms with Gasteiger partial charge in [-0.15, -0.1) is 0 Å². The molecule has 0 amide bonds. The molecule has 0 aliphatic carbocycles. The average Bonchev–Trinajstić information content (AvgIpc) is 1.65. The fourth-order valence-corrected chi connectivity index (χ4v) is 0.166. The third-order valence-electron chi connectivity index (χ3n) is 0.667. The minimum absolute atomic E-state index is 0. The van der Waals surface area contributed by atoms with Gasteiger partial charge in [-0.2, -0.15) is 0 Å². The van der Waals surface area contributed by atoms with Gasteiger partial charge in [0.05, 0.1) is 0 Å². The third-order valence-corrected chi connectivity index (χ3v) is 1.19. The van der Waals surface area contributed by atoms with Gasteiger partial charge in [-0.3, -0.25) is 0 Å². The molecular formula is C4H8CsNOS. The largest absolute Gasteiger partial charge is 1.00 e. The second kappa shape index (κ2) is 7.14. The van der Waals surface area contributed by atoms with Crippen LogP contribution in [0.4, 0.5) is 0 Å². The van der Waals surface area contributed by atoms with Gasteiger partial charge >= 0.3 is 68.9 Å². The first-order valence-corrected chi connectivity index (χ1v) is 2.52. The van der Waals surface area contributed by atoms with Crippen molar-refractivity contribution in [3.63, 3.8) is 0 Å². The Morgan fingerprint density at radius 3 is 2.25 bits per heavy atom. The summed E-state index contributed by atoms with van der Waals surface area (Å²) in [5, 5.41) is -0.375. The molecule has 0 aromatic carbocycles. The van der Waals surface area contributed by atoms with E-state index in [4.69, 9.17) is 5.73 Å². The molecule has 1 unspecified atom stereocenters. The van der Waals surface area contributed by atoms with Crippen LogP contribution in [0.2, 0.25) is 0 Å². The van der Waals surface area contributed by atoms with Crippen LogP contribution in [0.5, 0.6) is 0 Å². The standard InChI is InChI=1S/C4H9NOS.Cs/c1-3(6)4(7)2-5;/h4,7H,2,5H2,1H3;/q;+1/p-1. The molecule has 0 saturated carbocycles. The van der Waals surface area contributed by atoms with Crippen molar-refractivity contribution < 1.29 is 73.7 Å². The van der Waals surface area contributed by atoms with Crippen LogP contribution in [0.1, 0.15) is 6.92 Å². The third kappa shape index (κ3) is 6.16. The zero-order valence-electron chi connectivity index (χ0n) is 5.18. The van der Waals surface area contributed by atoms with Gasteiger partial charge in [0, 0.05) is 0 Å². The minimum Gasteiger partial charge on any atom is -0.781 e. The summed E-state index contributed by atoms with van der Waals surface area (Å²) in [6, 6.07) is 0. The Hall–Kier alpha value is 2.03. The Kier molecular flexibility index (Phi) is 11.3. The molecule has 0 spiro atoms. The van der Waals surface area contributed by atoms with Crippen LogP contribution in [-0.2, 0) is 17.4 Å². The van der Waals surface area contributed by atoms with Crippen LogP contribution in [0, 0.1) is 0 Å². The maximum Gasteiger partial charge on any atom is 1.00 e. The Morgan fingerprint density at radius 1 is 1.88 bits per heavy atom. The molecule has 0 radical (unpaired) electrons. The van der Waals surface area contributed by atoms with Crippen LogP contribution < -0.4 is 74.6 Å². The number of nitrogens with two attached hydrogens (primary N) is 1. The quantitative estimate of drug-likeness (QED) is 0.517. The zero-order chi connectivity index (χ0) is 5.86. The second-order valence-corrected chi connectivity index (χ2v) is 1.90. The molecule has 1 atom stereocenters. The maximum absolute atomic E-state index is 10.2. The van der Waals surface area contributed by atoms with Crippen molar-refractivity contribution in [3.8, 4) is 0 Å². The van der Waals surface area contributed by atoms with E-state index in [1.165, 1.54) is 6.92 Å². The molecule has 2 N–H and O–H groups in total. The van der Waals surface area contributed by atoms with Gasteiger partial charge in [-0.05, 0) is 13.5 Å². The molecule has 0 bridgehead atoms. The van der Waals surface area contributed by atoms with E-state index in [0.29, 0.717) is 0 Å². The van der Waals surface area contributed by atoms with Crippen LogP contribution in [-0.4, -0.2) is 17.6 Å². The van der Waals surface area contributed by atoms with Crippen molar-refractivity contribution in [2.45, 2.75) is 12.2 Å². The van der Waals surface area contributed by atoms with Gasteiger partial charge in [-0.1, -0.05) is 5.25 Å². The Labute approximate surface area is 114 Å². The molecule has 2 nitrogen and oxygen atoms in total. The summed E-state index contributed by atoms with van der Waals surface area (Å²) in [5.74, 6) is -0.0162. The van der Waals surface area contributed by atoms with Crippen molar-refractivity contribution in [3.05, 3.63) is 0 Å². The van der Waals surface area contributed by atoms with Crippen LogP contribution in [0.25, 0.3) is 0 Å². The van der Waals surface area contributed by atoms with Gasteiger partial charge < -0.3 is 23.2 Å². The first kappa shape index (κ1) is 12.7. The van der Waals surface area contributed by atoms with Crippen molar-refractivity contribution in [1.82, 2.24) is 0 Å². The van der Waals surface area contributed by atoms with Crippen molar-refractivity contribution in [2.24, 2.45) is 5.73 Å². The zero-order valence-corrected chi connectivity index (χ0v) is 12.3. The van der Waals surface area contributed by atoms with Crippen LogP contribution in [0.15, 0.2) is 0 Å². The number of carbonyl (C=O) groups excluding carboxylic acids is 1. The van der Waals surface area contributed by atoms with E-state index >= 15 is 0 Å². The van der Waals surface area contributed by atoms with E-state index in [9.17, 15) is 4.79 Å². The normalized spacial score (nSPS) is 11.9. The molecule has 0 heterocycles. The average molecular weight is 251 g/mol. The van der Waals surface area contributed by atoms with Crippen molar-refractivity contribution in [2.75, 3.05) is 6.54 Å². The number of ketones is 1. The summed E-state index contributed by atoms with van der Waals surface area (Å²) in [5.41, 5.74) is 5.05. The van der Waals surface area contributed by atoms with Gasteiger partial charge in [0.2, 0.25) is 0 Å². The summed E-state index contributed by atoms with van der Waals surface area (Å²) >= 11 is 4.59. The van der Waals surface area contributed by atoms with Gasteiger partial charge in [0.25, 0.3) is 0 Å². The van der Waals surface area contributed by atoms with Gasteiger partial charge in [-0.25, -0.2) is 0 Å². The Morgan fingerprint density at radius 2 is 2.25 bits per heavy atom. The summed E-state index contributed by atoms with van der Waals surface area (Å²) in [6.07, 6.45) is 0. The maximum atomic E-state index is 10.2. The molecule has 0 aromatic rings. The molecule has 4 heteroatoms. The number of hydrogen-bond donors (Lipinski definition) is 1. The number of rotatable bonds is 2. The smallest absolute Gasteiger partial charge is 0.781 e. The number of hydrogen-bond acceptors (Lipinski definition) is 3. The van der Waals surface area contributed by atoms with E-state index in [-0.39, 0.29) is 86.5 Å². The molecule has 0 saturated heterocycles. The van der Waals surface area contributed by atoms with Gasteiger partial charge in [0.1, 0.15) is 5.78 Å². The Balaban J connectivity index is 0. The number of carbonyl (C=O) groups is 1. The molecular weight excluding hydrogens is 243 g/mol. The van der Waals surface area contributed by atoms with Crippen LogP contribution >= 0.6 is 0 Å². The van der Waals surface area contributed by atoms with Crippen LogP contribution in [0.3, 0.4) is 0 Å². The topological polar surface area (TPSA) is 43.1 Å². The Bertz CT molecular complexity index is 78.4. The van der Waals surface area contributed by atoms with Gasteiger partial charge in [0.15, 0.2) is 0 Å². The van der Waals surface area contributed by atoms with E-state index in [1.807, 2.05) is 0 Å². The molecule has 8 heavy (non-hydrogen) atoms. The SMILES string of the molecule is CC(=O)C([S-])CN.[Cs+]. The number of Topliss-reactive ketones (excluding diaryl/α,β-unsaturated/α-hetero) is 1. The van der Waals surface area contributed by atoms with Crippen molar-refractivity contribution >= 4 is 18.4 Å². The monoisotopic (exact) mass is 251 g/mol. The minimum atomic E-state index is -0.375. The van der Waals surface area contributed by atoms with Crippen molar-refractivity contribution in [1.29, 1.82) is 0 Å².